The van der Waals surface area contributed by atoms with Crippen LogP contribution < -0.4 is 11.3 Å². The summed E-state index contributed by atoms with van der Waals surface area (Å²) < 4.78 is 2.08. The third kappa shape index (κ3) is 1.45. The van der Waals surface area contributed by atoms with Gasteiger partial charge in [-0.05, 0) is 12.8 Å². The molecule has 0 atom stereocenters. The van der Waals surface area contributed by atoms with E-state index in [-0.39, 0.29) is 0 Å². The van der Waals surface area contributed by atoms with Crippen LogP contribution in [-0.4, -0.2) is 14.8 Å². The van der Waals surface area contributed by atoms with Gasteiger partial charge in [-0.15, -0.1) is 10.2 Å². The third-order valence-electron chi connectivity index (χ3n) is 2.77. The highest BCUT2D eigenvalue weighted by Gasteiger charge is 2.29. The van der Waals surface area contributed by atoms with Gasteiger partial charge in [-0.25, -0.2) is 5.84 Å². The van der Waals surface area contributed by atoms with Gasteiger partial charge in [0, 0.05) is 11.6 Å². The lowest BCUT2D eigenvalue weighted by atomic mass is 10.2. The molecule has 5 heteroatoms. The van der Waals surface area contributed by atoms with Crippen molar-refractivity contribution in [1.29, 1.82) is 0 Å². The minimum Gasteiger partial charge on any atom is -0.292 e. The number of nitrogens with zero attached hydrogens (tertiary/aromatic N) is 3. The number of hydrogen-bond acceptors (Lipinski definition) is 4. The lowest BCUT2D eigenvalue weighted by Crippen LogP contribution is -2.13. The first-order chi connectivity index (χ1) is 7.90. The summed E-state index contributed by atoms with van der Waals surface area (Å²) in [6.07, 6.45) is 2.35. The fourth-order valence-corrected chi connectivity index (χ4v) is 1.85. The molecule has 3 rings (SSSR count). The predicted octanol–water partition coefficient (Wildman–Crippen LogP) is 1.57. The molecule has 0 unspecified atom stereocenters. The first-order valence-corrected chi connectivity index (χ1v) is 5.37. The third-order valence-corrected chi connectivity index (χ3v) is 2.77. The number of benzene rings is 1. The summed E-state index contributed by atoms with van der Waals surface area (Å²) in [5.74, 6) is 6.96. The van der Waals surface area contributed by atoms with Crippen LogP contribution in [-0.2, 0) is 0 Å². The number of nitrogen functional groups attached to an aromatic ring is 1. The summed E-state index contributed by atoms with van der Waals surface area (Å²) in [6, 6.07) is 10.5. The lowest BCUT2D eigenvalue weighted by molar-refractivity contribution is 0.751. The molecule has 0 amide bonds. The molecule has 0 aliphatic heterocycles. The second-order valence-corrected chi connectivity index (χ2v) is 3.96. The van der Waals surface area contributed by atoms with Gasteiger partial charge in [0.1, 0.15) is 0 Å². The molecule has 16 heavy (non-hydrogen) atoms. The highest BCUT2D eigenvalue weighted by atomic mass is 15.4. The van der Waals surface area contributed by atoms with E-state index in [0.717, 1.165) is 11.4 Å². The second-order valence-electron chi connectivity index (χ2n) is 3.96. The van der Waals surface area contributed by atoms with Gasteiger partial charge >= 0.3 is 0 Å². The van der Waals surface area contributed by atoms with Crippen molar-refractivity contribution in [3.05, 3.63) is 30.3 Å². The van der Waals surface area contributed by atoms with Crippen LogP contribution in [0.3, 0.4) is 0 Å². The Hall–Kier alpha value is -1.88. The number of aromatic nitrogens is 3. The minimum atomic E-state index is 0.497. The van der Waals surface area contributed by atoms with Crippen LogP contribution in [0.1, 0.15) is 18.9 Å². The number of nitrogens with one attached hydrogen (secondary N) is 1. The average Bonchev–Trinajstić information content (AvgIpc) is 3.09. The average molecular weight is 215 g/mol. The van der Waals surface area contributed by atoms with E-state index in [2.05, 4.69) is 20.2 Å². The maximum absolute atomic E-state index is 5.43. The summed E-state index contributed by atoms with van der Waals surface area (Å²) in [5, 5.41) is 8.24. The minimum absolute atomic E-state index is 0.497. The van der Waals surface area contributed by atoms with E-state index < -0.39 is 0 Å². The van der Waals surface area contributed by atoms with Gasteiger partial charge in [0.05, 0.1) is 0 Å². The number of hydrazine groups is 1. The zero-order valence-corrected chi connectivity index (χ0v) is 8.80. The van der Waals surface area contributed by atoms with Gasteiger partial charge < -0.3 is 0 Å². The van der Waals surface area contributed by atoms with E-state index in [1.54, 1.807) is 0 Å². The van der Waals surface area contributed by atoms with Gasteiger partial charge in [0.15, 0.2) is 5.82 Å². The van der Waals surface area contributed by atoms with Crippen LogP contribution in [0.4, 0.5) is 5.95 Å². The Labute approximate surface area is 93.3 Å². The summed E-state index contributed by atoms with van der Waals surface area (Å²) >= 11 is 0. The highest BCUT2D eigenvalue weighted by Crippen LogP contribution is 2.39. The normalized spacial score (nSPS) is 15.1. The molecule has 0 bridgehead atoms. The lowest BCUT2D eigenvalue weighted by Gasteiger charge is -2.07. The molecule has 5 nitrogen and oxygen atoms in total. The number of rotatable bonds is 3. The number of hydrogen-bond donors (Lipinski definition) is 2. The van der Waals surface area contributed by atoms with Crippen molar-refractivity contribution in [1.82, 2.24) is 14.8 Å². The van der Waals surface area contributed by atoms with Crippen molar-refractivity contribution in [3.8, 4) is 11.4 Å². The molecule has 3 N–H and O–H groups in total. The molecule has 0 saturated heterocycles. The van der Waals surface area contributed by atoms with Gasteiger partial charge in [-0.3, -0.25) is 9.99 Å². The monoisotopic (exact) mass is 215 g/mol. The van der Waals surface area contributed by atoms with Crippen molar-refractivity contribution in [2.75, 3.05) is 5.43 Å². The zero-order chi connectivity index (χ0) is 11.0. The van der Waals surface area contributed by atoms with Crippen LogP contribution in [0.15, 0.2) is 30.3 Å². The van der Waals surface area contributed by atoms with Crippen LogP contribution >= 0.6 is 0 Å². The van der Waals surface area contributed by atoms with E-state index in [1.807, 2.05) is 30.3 Å². The number of anilines is 1. The topological polar surface area (TPSA) is 68.8 Å². The summed E-state index contributed by atoms with van der Waals surface area (Å²) in [5.41, 5.74) is 3.67. The van der Waals surface area contributed by atoms with Crippen LogP contribution in [0.25, 0.3) is 11.4 Å². The van der Waals surface area contributed by atoms with Gasteiger partial charge in [-0.2, -0.15) is 0 Å². The molecular formula is C11H13N5. The summed E-state index contributed by atoms with van der Waals surface area (Å²) in [4.78, 5) is 0. The standard InChI is InChI=1S/C11H13N5/c12-13-11-15-14-10(16(11)9-6-7-9)8-4-2-1-3-5-8/h1-5,9H,6-7,12H2,(H,13,15). The van der Waals surface area contributed by atoms with Crippen molar-refractivity contribution >= 4 is 5.95 Å². The van der Waals surface area contributed by atoms with Crippen LogP contribution in [0.2, 0.25) is 0 Å². The maximum atomic E-state index is 5.43. The fourth-order valence-electron chi connectivity index (χ4n) is 1.85. The molecule has 1 aliphatic carbocycles. The first-order valence-electron chi connectivity index (χ1n) is 5.37. The van der Waals surface area contributed by atoms with Crippen molar-refractivity contribution in [3.63, 3.8) is 0 Å². The Morgan fingerprint density at radius 1 is 1.19 bits per heavy atom. The molecule has 1 aromatic heterocycles. The molecule has 1 aromatic carbocycles. The van der Waals surface area contributed by atoms with Crippen LogP contribution in [0.5, 0.6) is 0 Å². The van der Waals surface area contributed by atoms with Gasteiger partial charge in [-0.1, -0.05) is 30.3 Å². The van der Waals surface area contributed by atoms with Crippen molar-refractivity contribution in [2.45, 2.75) is 18.9 Å². The molecule has 1 saturated carbocycles. The first kappa shape index (κ1) is 9.35. The van der Waals surface area contributed by atoms with Gasteiger partial charge in [0.25, 0.3) is 0 Å². The zero-order valence-electron chi connectivity index (χ0n) is 8.80. The SMILES string of the molecule is NNc1nnc(-c2ccccc2)n1C1CC1. The van der Waals surface area contributed by atoms with Crippen LogP contribution in [0, 0.1) is 0 Å². The van der Waals surface area contributed by atoms with Crippen molar-refractivity contribution in [2.24, 2.45) is 5.84 Å². The predicted molar refractivity (Wildman–Crippen MR) is 61.5 cm³/mol. The van der Waals surface area contributed by atoms with E-state index >= 15 is 0 Å². The fraction of sp³-hybridized carbons (Fsp3) is 0.273. The van der Waals surface area contributed by atoms with E-state index in [0.29, 0.717) is 12.0 Å². The maximum Gasteiger partial charge on any atom is 0.239 e. The number of nitrogens with two attached hydrogens (primary N) is 1. The van der Waals surface area contributed by atoms with E-state index in [9.17, 15) is 0 Å². The summed E-state index contributed by atoms with van der Waals surface area (Å²) in [7, 11) is 0. The Kier molecular flexibility index (Phi) is 2.11. The molecule has 0 spiro atoms. The van der Waals surface area contributed by atoms with Crippen molar-refractivity contribution < 1.29 is 0 Å². The van der Waals surface area contributed by atoms with E-state index in [4.69, 9.17) is 5.84 Å². The molecule has 1 aliphatic rings. The molecule has 1 heterocycles. The second kappa shape index (κ2) is 3.61. The Morgan fingerprint density at radius 2 is 1.94 bits per heavy atom. The molecule has 82 valence electrons. The smallest absolute Gasteiger partial charge is 0.239 e. The molecule has 1 fully saturated rings. The highest BCUT2D eigenvalue weighted by molar-refractivity contribution is 5.57. The molecule has 2 aromatic rings. The Morgan fingerprint density at radius 3 is 2.56 bits per heavy atom. The summed E-state index contributed by atoms with van der Waals surface area (Å²) in [6.45, 7) is 0. The quantitative estimate of drug-likeness (QED) is 0.602. The van der Waals surface area contributed by atoms with E-state index in [1.165, 1.54) is 12.8 Å². The molecule has 0 radical (unpaired) electrons. The Bertz CT molecular complexity index is 486. The van der Waals surface area contributed by atoms with Gasteiger partial charge in [0.2, 0.25) is 5.95 Å². The largest absolute Gasteiger partial charge is 0.292 e. The Balaban J connectivity index is 2.10. The molecular weight excluding hydrogens is 202 g/mol.